The fourth-order valence-corrected chi connectivity index (χ4v) is 0. The molecule has 0 fully saturated rings. The van der Waals surface area contributed by atoms with Crippen LogP contribution in [0.3, 0.4) is 0 Å². The van der Waals surface area contributed by atoms with Crippen molar-refractivity contribution in [3.63, 3.8) is 0 Å². The van der Waals surface area contributed by atoms with Crippen molar-refractivity contribution in [2.75, 3.05) is 0 Å². The predicted octanol–water partition coefficient (Wildman–Crippen LogP) is -0.861. The monoisotopic (exact) mass is 331 g/mol. The van der Waals surface area contributed by atoms with Gasteiger partial charge in [-0.2, -0.15) is 0 Å². The molecule has 0 unspecified atom stereocenters. The Morgan fingerprint density at radius 3 is 0.571 bits per heavy atom. The maximum Gasteiger partial charge on any atom is 2.00 e. The van der Waals surface area contributed by atoms with Crippen LogP contribution in [0.25, 0.3) is 0 Å². The molecule has 0 spiro atoms. The third-order valence-corrected chi connectivity index (χ3v) is 0. The van der Waals surface area contributed by atoms with E-state index in [4.69, 9.17) is 0 Å². The molecule has 0 amide bonds. The molecular formula is CoMgO4W-4. The Morgan fingerprint density at radius 1 is 0.571 bits per heavy atom. The third-order valence-electron chi connectivity index (χ3n) is 0. The van der Waals surface area contributed by atoms with E-state index in [1.165, 1.54) is 0 Å². The summed E-state index contributed by atoms with van der Waals surface area (Å²) < 4.78 is 0. The summed E-state index contributed by atoms with van der Waals surface area (Å²) >= 11 is 0. The van der Waals surface area contributed by atoms with Gasteiger partial charge in [0, 0.05) is 21.1 Å². The summed E-state index contributed by atoms with van der Waals surface area (Å²) in [6.45, 7) is 0. The van der Waals surface area contributed by atoms with Crippen LogP contribution in [-0.2, 0) is 59.7 Å². The Labute approximate surface area is 82.3 Å². The average Bonchev–Trinajstić information content (AvgIpc) is 0. The number of rotatable bonds is 0. The van der Waals surface area contributed by atoms with E-state index < -0.39 is 0 Å². The Kier molecular flexibility index (Phi) is 2620. The fraction of sp³-hybridized carbons (Fsp3) is 0. The molecule has 0 aromatic rings. The van der Waals surface area contributed by atoms with Crippen molar-refractivity contribution in [1.29, 1.82) is 0 Å². The zero-order valence-corrected chi connectivity index (χ0v) is 8.47. The van der Waals surface area contributed by atoms with Crippen LogP contribution >= 0.6 is 0 Å². The van der Waals surface area contributed by atoms with Gasteiger partial charge in [0.05, 0.1) is 0 Å². The van der Waals surface area contributed by atoms with Gasteiger partial charge in [-0.25, -0.2) is 0 Å². The first-order chi connectivity index (χ1) is 0. The SMILES string of the molecule is [Co+2].[Mg+2].[O-2].[O-2].[O-2].[O-2].[W]. The normalized spacial score (nSPS) is 0. The molecule has 0 saturated heterocycles. The molecule has 0 rings (SSSR count). The second-order valence-corrected chi connectivity index (χ2v) is 0. The first-order valence-corrected chi connectivity index (χ1v) is 0. The van der Waals surface area contributed by atoms with Crippen molar-refractivity contribution in [3.05, 3.63) is 0 Å². The van der Waals surface area contributed by atoms with E-state index in [1.54, 1.807) is 0 Å². The summed E-state index contributed by atoms with van der Waals surface area (Å²) in [6.07, 6.45) is 0. The molecule has 7 heteroatoms. The minimum Gasteiger partial charge on any atom is -2.00 e. The van der Waals surface area contributed by atoms with Gasteiger partial charge < -0.3 is 21.9 Å². The van der Waals surface area contributed by atoms with Gasteiger partial charge in [0.2, 0.25) is 0 Å². The van der Waals surface area contributed by atoms with Crippen LogP contribution in [0.15, 0.2) is 0 Å². The number of hydrogen-bond donors (Lipinski definition) is 0. The molecule has 0 atom stereocenters. The molecule has 0 saturated carbocycles. The van der Waals surface area contributed by atoms with Gasteiger partial charge in [0.15, 0.2) is 0 Å². The van der Waals surface area contributed by atoms with Gasteiger partial charge in [0.1, 0.15) is 0 Å². The van der Waals surface area contributed by atoms with Crippen LogP contribution < -0.4 is 0 Å². The molecular weight excluding hydrogens is 331 g/mol. The van der Waals surface area contributed by atoms with Crippen LogP contribution in [0.1, 0.15) is 0 Å². The van der Waals surface area contributed by atoms with Gasteiger partial charge in [-0.3, -0.25) is 0 Å². The summed E-state index contributed by atoms with van der Waals surface area (Å²) in [5.74, 6) is 0. The summed E-state index contributed by atoms with van der Waals surface area (Å²) in [7, 11) is 0. The molecule has 0 N–H and O–H groups in total. The molecule has 0 aliphatic rings. The van der Waals surface area contributed by atoms with E-state index in [2.05, 4.69) is 0 Å². The first-order valence-electron chi connectivity index (χ1n) is 0. The molecule has 0 aliphatic carbocycles. The van der Waals surface area contributed by atoms with Crippen molar-refractivity contribution < 1.29 is 59.7 Å². The summed E-state index contributed by atoms with van der Waals surface area (Å²) in [5.41, 5.74) is 0. The molecule has 1 radical (unpaired) electrons. The van der Waals surface area contributed by atoms with Gasteiger partial charge in [-0.15, -0.1) is 0 Å². The van der Waals surface area contributed by atoms with Gasteiger partial charge in [-0.05, 0) is 0 Å². The van der Waals surface area contributed by atoms with Crippen LogP contribution in [0.5, 0.6) is 0 Å². The smallest absolute Gasteiger partial charge is 2.00 e. The molecule has 0 aliphatic heterocycles. The quantitative estimate of drug-likeness (QED) is 0.514. The second-order valence-electron chi connectivity index (χ2n) is 0. The molecule has 45 valence electrons. The van der Waals surface area contributed by atoms with Crippen LogP contribution in [0.4, 0.5) is 0 Å². The largest absolute Gasteiger partial charge is 2.00 e. The van der Waals surface area contributed by atoms with E-state index in [1.807, 2.05) is 0 Å². The van der Waals surface area contributed by atoms with Crippen molar-refractivity contribution in [2.45, 2.75) is 0 Å². The van der Waals surface area contributed by atoms with Crippen molar-refractivity contribution in [1.82, 2.24) is 0 Å². The van der Waals surface area contributed by atoms with Gasteiger partial charge in [0.25, 0.3) is 0 Å². The maximum atomic E-state index is 0. The standard InChI is InChI=1S/Co.Mg.4O.W/q2*+2;4*-2;. The van der Waals surface area contributed by atoms with E-state index in [0.29, 0.717) is 0 Å². The second kappa shape index (κ2) is 111. The van der Waals surface area contributed by atoms with Crippen molar-refractivity contribution in [2.24, 2.45) is 0 Å². The maximum absolute atomic E-state index is 0. The molecule has 0 aromatic heterocycles. The Morgan fingerprint density at radius 2 is 0.571 bits per heavy atom. The summed E-state index contributed by atoms with van der Waals surface area (Å²) in [6, 6.07) is 0. The zero-order valence-electron chi connectivity index (χ0n) is 3.08. The Bertz CT molecular complexity index is 11.7. The van der Waals surface area contributed by atoms with Crippen LogP contribution in [-0.4, -0.2) is 23.1 Å². The average molecular weight is 331 g/mol. The first kappa shape index (κ1) is 165. The van der Waals surface area contributed by atoms with Crippen molar-refractivity contribution >= 4 is 23.1 Å². The molecule has 0 heterocycles. The summed E-state index contributed by atoms with van der Waals surface area (Å²) in [5, 5.41) is 0. The van der Waals surface area contributed by atoms with E-state index >= 15 is 0 Å². The predicted molar refractivity (Wildman–Crippen MR) is 8.50 cm³/mol. The minimum atomic E-state index is 0. The zero-order chi connectivity index (χ0) is 0. The fourth-order valence-electron chi connectivity index (χ4n) is 0. The molecule has 7 heavy (non-hydrogen) atoms. The van der Waals surface area contributed by atoms with Crippen LogP contribution in [0.2, 0.25) is 0 Å². The molecule has 0 bridgehead atoms. The minimum absolute atomic E-state index is 0. The van der Waals surface area contributed by atoms with Crippen LogP contribution in [0, 0.1) is 0 Å². The summed E-state index contributed by atoms with van der Waals surface area (Å²) in [4.78, 5) is 0. The van der Waals surface area contributed by atoms with Gasteiger partial charge in [-0.1, -0.05) is 0 Å². The third kappa shape index (κ3) is 80.9. The van der Waals surface area contributed by atoms with E-state index in [9.17, 15) is 0 Å². The van der Waals surface area contributed by atoms with E-state index in [0.717, 1.165) is 0 Å². The topological polar surface area (TPSA) is 114 Å². The molecule has 4 nitrogen and oxygen atoms in total. The Hall–Kier alpha value is 1.80. The number of hydrogen-bond acceptors (Lipinski definition) is 0. The van der Waals surface area contributed by atoms with Crippen molar-refractivity contribution in [3.8, 4) is 0 Å². The Balaban J connectivity index is 0. The van der Waals surface area contributed by atoms with Gasteiger partial charge >= 0.3 is 39.8 Å². The van der Waals surface area contributed by atoms with E-state index in [-0.39, 0.29) is 82.8 Å². The molecule has 0 aromatic carbocycles.